The Kier molecular flexibility index (Phi) is 2.78. The van der Waals surface area contributed by atoms with Crippen LogP contribution < -0.4 is 0 Å². The Bertz CT molecular complexity index is 543. The summed E-state index contributed by atoms with van der Waals surface area (Å²) >= 11 is 0. The number of aliphatic carboxylic acids is 1. The van der Waals surface area contributed by atoms with E-state index in [9.17, 15) is 4.79 Å². The zero-order valence-electron chi connectivity index (χ0n) is 10.1. The number of nitrogens with one attached hydrogen (secondary N) is 1. The van der Waals surface area contributed by atoms with Crippen LogP contribution in [0.15, 0.2) is 24.3 Å². The minimum absolute atomic E-state index is 0.211. The molecule has 2 aromatic rings. The second-order valence-corrected chi connectivity index (χ2v) is 5.04. The molecule has 94 valence electrons. The van der Waals surface area contributed by atoms with Gasteiger partial charge in [-0.3, -0.25) is 4.79 Å². The van der Waals surface area contributed by atoms with Crippen molar-refractivity contribution in [3.05, 3.63) is 30.1 Å². The number of aromatic nitrogens is 2. The number of carbonyl (C=O) groups is 1. The molecule has 0 bridgehead atoms. The van der Waals surface area contributed by atoms with Gasteiger partial charge in [0.25, 0.3) is 0 Å². The minimum Gasteiger partial charge on any atom is -0.481 e. The van der Waals surface area contributed by atoms with E-state index in [-0.39, 0.29) is 11.8 Å². The van der Waals surface area contributed by atoms with Crippen molar-refractivity contribution in [2.45, 2.75) is 31.6 Å². The monoisotopic (exact) mass is 244 g/mol. The summed E-state index contributed by atoms with van der Waals surface area (Å²) in [4.78, 5) is 19.0. The topological polar surface area (TPSA) is 66.0 Å². The summed E-state index contributed by atoms with van der Waals surface area (Å²) in [6, 6.07) is 7.93. The number of benzene rings is 1. The number of H-pyrrole nitrogens is 1. The summed E-state index contributed by atoms with van der Waals surface area (Å²) in [5.41, 5.74) is 2.00. The Hall–Kier alpha value is -1.84. The van der Waals surface area contributed by atoms with E-state index in [1.165, 1.54) is 0 Å². The molecule has 1 aromatic heterocycles. The van der Waals surface area contributed by atoms with Crippen LogP contribution in [0.3, 0.4) is 0 Å². The van der Waals surface area contributed by atoms with Crippen LogP contribution in [0.1, 0.15) is 37.4 Å². The second kappa shape index (κ2) is 4.44. The predicted molar refractivity (Wildman–Crippen MR) is 68.4 cm³/mol. The van der Waals surface area contributed by atoms with Crippen LogP contribution >= 0.6 is 0 Å². The fourth-order valence-electron chi connectivity index (χ4n) is 2.83. The van der Waals surface area contributed by atoms with Crippen molar-refractivity contribution in [2.75, 3.05) is 0 Å². The molecule has 1 aliphatic carbocycles. The summed E-state index contributed by atoms with van der Waals surface area (Å²) in [5, 5.41) is 9.11. The molecular formula is C14H16N2O2. The average Bonchev–Trinajstić information content (AvgIpc) is 2.82. The van der Waals surface area contributed by atoms with Crippen LogP contribution in [-0.2, 0) is 4.79 Å². The molecular weight excluding hydrogens is 228 g/mol. The summed E-state index contributed by atoms with van der Waals surface area (Å²) in [6.45, 7) is 0. The zero-order chi connectivity index (χ0) is 12.5. The molecule has 1 aromatic carbocycles. The van der Waals surface area contributed by atoms with Crippen LogP contribution in [0.4, 0.5) is 0 Å². The molecule has 0 aliphatic heterocycles. The lowest BCUT2D eigenvalue weighted by Crippen LogP contribution is -2.22. The number of nitrogens with zero attached hydrogens (tertiary/aromatic N) is 1. The molecule has 2 N–H and O–H groups in total. The molecule has 18 heavy (non-hydrogen) atoms. The lowest BCUT2D eigenvalue weighted by Gasteiger charge is -2.24. The average molecular weight is 244 g/mol. The van der Waals surface area contributed by atoms with Gasteiger partial charge in [0.05, 0.1) is 17.0 Å². The molecule has 0 amide bonds. The quantitative estimate of drug-likeness (QED) is 0.853. The van der Waals surface area contributed by atoms with Crippen molar-refractivity contribution in [2.24, 2.45) is 5.92 Å². The number of hydrogen-bond acceptors (Lipinski definition) is 2. The van der Waals surface area contributed by atoms with Crippen molar-refractivity contribution in [1.29, 1.82) is 0 Å². The molecule has 0 spiro atoms. The first kappa shape index (κ1) is 11.3. The van der Waals surface area contributed by atoms with Crippen LogP contribution in [0.2, 0.25) is 0 Å². The van der Waals surface area contributed by atoms with E-state index in [4.69, 9.17) is 5.11 Å². The smallest absolute Gasteiger partial charge is 0.306 e. The van der Waals surface area contributed by atoms with Crippen LogP contribution in [0.5, 0.6) is 0 Å². The highest BCUT2D eigenvalue weighted by Gasteiger charge is 2.29. The molecule has 3 rings (SSSR count). The van der Waals surface area contributed by atoms with Crippen molar-refractivity contribution >= 4 is 17.0 Å². The maximum Gasteiger partial charge on any atom is 0.306 e. The van der Waals surface area contributed by atoms with Gasteiger partial charge in [0, 0.05) is 5.92 Å². The van der Waals surface area contributed by atoms with Crippen LogP contribution in [0.25, 0.3) is 11.0 Å². The molecule has 0 saturated heterocycles. The summed E-state index contributed by atoms with van der Waals surface area (Å²) in [7, 11) is 0. The number of imidazole rings is 1. The Balaban J connectivity index is 1.87. The summed E-state index contributed by atoms with van der Waals surface area (Å²) in [5.74, 6) is 0.321. The standard InChI is InChI=1S/C14H16N2O2/c17-14(18)10-5-3-4-9(8-10)13-15-11-6-1-2-7-12(11)16-13/h1-2,6-7,9-10H,3-5,8H2,(H,15,16)(H,17,18). The van der Waals surface area contributed by atoms with Gasteiger partial charge < -0.3 is 10.1 Å². The van der Waals surface area contributed by atoms with Gasteiger partial charge >= 0.3 is 5.97 Å². The molecule has 4 heteroatoms. The number of aromatic amines is 1. The maximum atomic E-state index is 11.1. The van der Waals surface area contributed by atoms with E-state index in [2.05, 4.69) is 9.97 Å². The van der Waals surface area contributed by atoms with E-state index < -0.39 is 5.97 Å². The Morgan fingerprint density at radius 2 is 2.17 bits per heavy atom. The van der Waals surface area contributed by atoms with E-state index in [0.717, 1.165) is 36.1 Å². The van der Waals surface area contributed by atoms with E-state index in [1.54, 1.807) is 0 Å². The summed E-state index contributed by atoms with van der Waals surface area (Å²) in [6.07, 6.45) is 3.50. The van der Waals surface area contributed by atoms with Gasteiger partial charge in [-0.05, 0) is 31.4 Å². The van der Waals surface area contributed by atoms with Crippen molar-refractivity contribution in [1.82, 2.24) is 9.97 Å². The van der Waals surface area contributed by atoms with Gasteiger partial charge in [-0.1, -0.05) is 18.6 Å². The van der Waals surface area contributed by atoms with Gasteiger partial charge in [-0.25, -0.2) is 4.98 Å². The van der Waals surface area contributed by atoms with Crippen LogP contribution in [-0.4, -0.2) is 21.0 Å². The highest BCUT2D eigenvalue weighted by atomic mass is 16.4. The largest absolute Gasteiger partial charge is 0.481 e. The van der Waals surface area contributed by atoms with Crippen LogP contribution in [0, 0.1) is 5.92 Å². The minimum atomic E-state index is -0.671. The van der Waals surface area contributed by atoms with Crippen molar-refractivity contribution in [3.8, 4) is 0 Å². The number of hydrogen-bond donors (Lipinski definition) is 2. The highest BCUT2D eigenvalue weighted by molar-refractivity contribution is 5.75. The molecule has 1 heterocycles. The second-order valence-electron chi connectivity index (χ2n) is 5.04. The molecule has 0 radical (unpaired) electrons. The van der Waals surface area contributed by atoms with Crippen molar-refractivity contribution < 1.29 is 9.90 Å². The number of fused-ring (bicyclic) bond motifs is 1. The third kappa shape index (κ3) is 1.98. The first-order chi connectivity index (χ1) is 8.74. The fourth-order valence-corrected chi connectivity index (χ4v) is 2.83. The molecule has 4 nitrogen and oxygen atoms in total. The Morgan fingerprint density at radius 3 is 2.94 bits per heavy atom. The van der Waals surface area contributed by atoms with E-state index in [0.29, 0.717) is 6.42 Å². The third-order valence-electron chi connectivity index (χ3n) is 3.82. The summed E-state index contributed by atoms with van der Waals surface area (Å²) < 4.78 is 0. The first-order valence-electron chi connectivity index (χ1n) is 6.41. The van der Waals surface area contributed by atoms with E-state index >= 15 is 0 Å². The predicted octanol–water partition coefficient (Wildman–Crippen LogP) is 2.92. The number of carboxylic acid groups (broad SMARTS) is 1. The third-order valence-corrected chi connectivity index (χ3v) is 3.82. The van der Waals surface area contributed by atoms with Gasteiger partial charge in [0.15, 0.2) is 0 Å². The lowest BCUT2D eigenvalue weighted by molar-refractivity contribution is -0.143. The normalized spacial score (nSPS) is 24.2. The lowest BCUT2D eigenvalue weighted by atomic mass is 9.81. The number of carboxylic acids is 1. The molecule has 1 saturated carbocycles. The molecule has 2 unspecified atom stereocenters. The molecule has 1 fully saturated rings. The van der Waals surface area contributed by atoms with Gasteiger partial charge in [-0.15, -0.1) is 0 Å². The van der Waals surface area contributed by atoms with Crippen molar-refractivity contribution in [3.63, 3.8) is 0 Å². The van der Waals surface area contributed by atoms with Gasteiger partial charge in [0.2, 0.25) is 0 Å². The van der Waals surface area contributed by atoms with Gasteiger partial charge in [-0.2, -0.15) is 0 Å². The first-order valence-corrected chi connectivity index (χ1v) is 6.41. The highest BCUT2D eigenvalue weighted by Crippen LogP contribution is 2.35. The maximum absolute atomic E-state index is 11.1. The Morgan fingerprint density at radius 1 is 1.33 bits per heavy atom. The number of para-hydroxylation sites is 2. The molecule has 1 aliphatic rings. The SMILES string of the molecule is O=C(O)C1CCCC(c2nc3ccccc3[nH]2)C1. The Labute approximate surface area is 105 Å². The van der Waals surface area contributed by atoms with E-state index in [1.807, 2.05) is 24.3 Å². The molecule has 2 atom stereocenters. The fraction of sp³-hybridized carbons (Fsp3) is 0.429. The zero-order valence-corrected chi connectivity index (χ0v) is 10.1. The van der Waals surface area contributed by atoms with Gasteiger partial charge in [0.1, 0.15) is 5.82 Å². The number of rotatable bonds is 2.